The fraction of sp³-hybridized carbons (Fsp3) is 0. The number of aromatic nitrogens is 4. The van der Waals surface area contributed by atoms with Gasteiger partial charge in [0, 0.05) is 33.2 Å². The van der Waals surface area contributed by atoms with E-state index in [4.69, 9.17) is 93.4 Å². The third-order valence-electron chi connectivity index (χ3n) is 13.8. The maximum Gasteiger partial charge on any atom is 0.164 e. The fourth-order valence-corrected chi connectivity index (χ4v) is 10.3. The summed E-state index contributed by atoms with van der Waals surface area (Å²) in [5.41, 5.74) is 9.57. The van der Waals surface area contributed by atoms with Gasteiger partial charge in [-0.1, -0.05) is 160 Å². The van der Waals surface area contributed by atoms with Crippen molar-refractivity contribution in [1.82, 2.24) is 19.5 Å². The van der Waals surface area contributed by atoms with Crippen LogP contribution in [0.5, 0.6) is 0 Å². The zero-order chi connectivity index (χ0) is 49.0. The molecule has 0 bridgehead atoms. The van der Waals surface area contributed by atoms with Crippen LogP contribution in [0.1, 0.15) is 0 Å². The number of fused-ring (bicyclic) bond motifs is 9. The van der Waals surface area contributed by atoms with Crippen LogP contribution in [-0.4, -0.2) is 98.0 Å². The standard InChI is InChI=1S/C57H26B10N4/c58-45-37(27-20-22-30(23-21-27)57-69-55(28-12-4-1-5-13-28)68-56(70-57)29-14-6-2-7-15-29)38(31-24-25-36-34(26-31)33-18-10-11-19-35(33)71(36)32-16-8-3-9-17-32)46(59)40-39(45)41-43(49(62)53(66)51(64)47(41)60)44-42(40)48(61)52(65)54(67)50(44)63/h1-26H. The van der Waals surface area contributed by atoms with E-state index in [1.54, 1.807) is 0 Å². The van der Waals surface area contributed by atoms with Crippen LogP contribution >= 0.6 is 0 Å². The second-order valence-corrected chi connectivity index (χ2v) is 17.7. The van der Waals surface area contributed by atoms with Crippen LogP contribution in [0.25, 0.3) is 116 Å². The van der Waals surface area contributed by atoms with Crippen LogP contribution in [0.15, 0.2) is 158 Å². The van der Waals surface area contributed by atoms with Crippen LogP contribution in [0.3, 0.4) is 0 Å². The molecule has 12 rings (SSSR count). The average molecular weight is 875 g/mol. The average Bonchev–Trinajstić information content (AvgIpc) is 3.75. The molecule has 20 radical (unpaired) electrons. The minimum atomic E-state index is 0.0649. The first-order valence-electron chi connectivity index (χ1n) is 22.8. The number of rotatable bonds is 6. The monoisotopic (exact) mass is 876 g/mol. The van der Waals surface area contributed by atoms with Gasteiger partial charge in [0.15, 0.2) is 17.5 Å². The molecule has 0 saturated heterocycles. The van der Waals surface area contributed by atoms with Crippen molar-refractivity contribution in [3.63, 3.8) is 0 Å². The lowest BCUT2D eigenvalue weighted by Crippen LogP contribution is -2.51. The molecule has 0 fully saturated rings. The van der Waals surface area contributed by atoms with Gasteiger partial charge < -0.3 is 4.57 Å². The number of para-hydroxylation sites is 2. The Morgan fingerprint density at radius 2 is 0.606 bits per heavy atom. The van der Waals surface area contributed by atoms with Crippen molar-refractivity contribution in [1.29, 1.82) is 0 Å². The highest BCUT2D eigenvalue weighted by atomic mass is 15.0. The van der Waals surface area contributed by atoms with Gasteiger partial charge in [0.2, 0.25) is 0 Å². The Kier molecular flexibility index (Phi) is 10.7. The summed E-state index contributed by atoms with van der Waals surface area (Å²) in [7, 11) is 69.7. The van der Waals surface area contributed by atoms with Crippen LogP contribution in [0.4, 0.5) is 0 Å². The molecule has 14 heteroatoms. The van der Waals surface area contributed by atoms with Crippen LogP contribution in [-0.2, 0) is 0 Å². The van der Waals surface area contributed by atoms with E-state index in [1.807, 2.05) is 115 Å². The summed E-state index contributed by atoms with van der Waals surface area (Å²) in [6, 6.07) is 52.3. The molecule has 0 aliphatic carbocycles. The zero-order valence-electron chi connectivity index (χ0n) is 38.1. The number of nitrogens with zero attached hydrogens (tertiary/aromatic N) is 4. The molecule has 0 aliphatic heterocycles. The van der Waals surface area contributed by atoms with Crippen LogP contribution < -0.4 is 54.6 Å². The van der Waals surface area contributed by atoms with Gasteiger partial charge in [-0.05, 0) is 84.9 Å². The Morgan fingerprint density at radius 1 is 0.268 bits per heavy atom. The maximum atomic E-state index is 7.71. The molecule has 0 aliphatic rings. The second-order valence-electron chi connectivity index (χ2n) is 17.7. The maximum absolute atomic E-state index is 7.71. The highest BCUT2D eigenvalue weighted by molar-refractivity contribution is 6.74. The van der Waals surface area contributed by atoms with Crippen molar-refractivity contribution >= 4 is 187 Å². The molecule has 4 nitrogen and oxygen atoms in total. The van der Waals surface area contributed by atoms with Gasteiger partial charge in [-0.3, -0.25) is 0 Å². The quantitative estimate of drug-likeness (QED) is 0.191. The van der Waals surface area contributed by atoms with E-state index in [0.717, 1.165) is 55.3 Å². The molecular formula is C57H26B10N4. The second kappa shape index (κ2) is 17.1. The normalized spacial score (nSPS) is 11.7. The molecule has 0 saturated carbocycles. The lowest BCUT2D eigenvalue weighted by Gasteiger charge is -2.29. The fourth-order valence-electron chi connectivity index (χ4n) is 10.3. The van der Waals surface area contributed by atoms with E-state index in [-0.39, 0.29) is 43.7 Å². The third-order valence-corrected chi connectivity index (χ3v) is 13.8. The number of hydrogen-bond acceptors (Lipinski definition) is 3. The Labute approximate surface area is 424 Å². The first-order chi connectivity index (χ1) is 34.4. The molecule has 71 heavy (non-hydrogen) atoms. The van der Waals surface area contributed by atoms with Crippen molar-refractivity contribution in [2.45, 2.75) is 0 Å². The van der Waals surface area contributed by atoms with Gasteiger partial charge in [-0.2, -0.15) is 0 Å². The van der Waals surface area contributed by atoms with E-state index in [2.05, 4.69) is 47.0 Å². The lowest BCUT2D eigenvalue weighted by atomic mass is 9.58. The predicted octanol–water partition coefficient (Wildman–Crippen LogP) is 2.70. The molecule has 12 aromatic rings. The Bertz CT molecular complexity index is 4150. The minimum Gasteiger partial charge on any atom is -0.309 e. The van der Waals surface area contributed by atoms with Crippen molar-refractivity contribution in [2.24, 2.45) is 0 Å². The predicted molar refractivity (Wildman–Crippen MR) is 308 cm³/mol. The third kappa shape index (κ3) is 6.85. The van der Waals surface area contributed by atoms with E-state index >= 15 is 0 Å². The molecular weight excluding hydrogens is 849 g/mol. The highest BCUT2D eigenvalue weighted by Gasteiger charge is 2.26. The Hall–Kier alpha value is -7.56. The van der Waals surface area contributed by atoms with Gasteiger partial charge in [0.1, 0.15) is 78.5 Å². The SMILES string of the molecule is [B]c1c([B])c([B])c2c(c1[B])c1c([B])c([B])c([B])c([B])c1c1c([B])c(-c3ccc4c(c3)c3ccccc3n4-c3ccccc3)c(-c3ccc(-c4nc(-c5ccccc5)nc(-c5ccccc5)n4)cc3)c([B])c21. The van der Waals surface area contributed by atoms with Gasteiger partial charge in [-0.25, -0.2) is 15.0 Å². The van der Waals surface area contributed by atoms with Gasteiger partial charge in [0.05, 0.1) is 11.0 Å². The summed E-state index contributed by atoms with van der Waals surface area (Å²) < 4.78 is 2.25. The van der Waals surface area contributed by atoms with Gasteiger partial charge in [0.25, 0.3) is 0 Å². The van der Waals surface area contributed by atoms with E-state index in [9.17, 15) is 0 Å². The first-order valence-corrected chi connectivity index (χ1v) is 22.8. The van der Waals surface area contributed by atoms with E-state index in [0.29, 0.717) is 71.8 Å². The van der Waals surface area contributed by atoms with Crippen LogP contribution in [0.2, 0.25) is 0 Å². The molecule has 0 spiro atoms. The Morgan fingerprint density at radius 3 is 1.07 bits per heavy atom. The molecule has 0 N–H and O–H groups in total. The largest absolute Gasteiger partial charge is 0.309 e. The molecule has 304 valence electrons. The summed E-state index contributed by atoms with van der Waals surface area (Å²) >= 11 is 0. The minimum absolute atomic E-state index is 0.0649. The molecule has 2 aromatic heterocycles. The molecule has 10 aromatic carbocycles. The molecule has 2 heterocycles. The van der Waals surface area contributed by atoms with E-state index in [1.165, 1.54) is 0 Å². The topological polar surface area (TPSA) is 43.6 Å². The summed E-state index contributed by atoms with van der Waals surface area (Å²) in [6.45, 7) is 0. The smallest absolute Gasteiger partial charge is 0.164 e. The molecule has 0 atom stereocenters. The Balaban J connectivity index is 1.19. The first kappa shape index (κ1) is 44.6. The number of hydrogen-bond donors (Lipinski definition) is 0. The van der Waals surface area contributed by atoms with Gasteiger partial charge in [-0.15, -0.1) is 21.9 Å². The van der Waals surface area contributed by atoms with Crippen LogP contribution in [0, 0.1) is 0 Å². The molecule has 0 amide bonds. The van der Waals surface area contributed by atoms with E-state index < -0.39 is 0 Å². The molecule has 0 unspecified atom stereocenters. The highest BCUT2D eigenvalue weighted by Crippen LogP contribution is 2.41. The van der Waals surface area contributed by atoms with Gasteiger partial charge >= 0.3 is 0 Å². The van der Waals surface area contributed by atoms with Crippen molar-refractivity contribution in [3.8, 4) is 62.1 Å². The van der Waals surface area contributed by atoms with Crippen molar-refractivity contribution in [3.05, 3.63) is 158 Å². The summed E-state index contributed by atoms with van der Waals surface area (Å²) in [5.74, 6) is 1.55. The van der Waals surface area contributed by atoms with Crippen molar-refractivity contribution < 1.29 is 0 Å². The lowest BCUT2D eigenvalue weighted by molar-refractivity contribution is 1.07. The summed E-state index contributed by atoms with van der Waals surface area (Å²) in [6.07, 6.45) is 0. The summed E-state index contributed by atoms with van der Waals surface area (Å²) in [4.78, 5) is 14.9. The zero-order valence-corrected chi connectivity index (χ0v) is 38.1. The number of benzene rings is 10. The van der Waals surface area contributed by atoms with Crippen molar-refractivity contribution in [2.75, 3.05) is 0 Å². The summed E-state index contributed by atoms with van der Waals surface area (Å²) in [5, 5.41) is 4.40.